The molecule has 0 saturated carbocycles. The molecule has 0 spiro atoms. The second-order valence-electron chi connectivity index (χ2n) is 4.71. The molecular formula is C10H22N2O. The summed E-state index contributed by atoms with van der Waals surface area (Å²) in [5.74, 6) is 0. The van der Waals surface area contributed by atoms with Crippen LogP contribution in [0.15, 0.2) is 0 Å². The quantitative estimate of drug-likeness (QED) is 0.654. The smallest absolute Gasteiger partial charge is 0.0812 e. The Morgan fingerprint density at radius 3 is 2.69 bits per heavy atom. The first-order valence-electron chi connectivity index (χ1n) is 5.22. The van der Waals surface area contributed by atoms with Crippen LogP contribution in [0.2, 0.25) is 0 Å². The van der Waals surface area contributed by atoms with Gasteiger partial charge in [0.1, 0.15) is 0 Å². The van der Waals surface area contributed by atoms with Gasteiger partial charge in [-0.05, 0) is 40.2 Å². The summed E-state index contributed by atoms with van der Waals surface area (Å²) in [4.78, 5) is 5.44. The molecule has 0 radical (unpaired) electrons. The monoisotopic (exact) mass is 186 g/mol. The van der Waals surface area contributed by atoms with Crippen LogP contribution in [0.3, 0.4) is 0 Å². The summed E-state index contributed by atoms with van der Waals surface area (Å²) >= 11 is 0. The zero-order valence-electron chi connectivity index (χ0n) is 9.02. The van der Waals surface area contributed by atoms with Gasteiger partial charge in [-0.25, -0.2) is 5.48 Å². The van der Waals surface area contributed by atoms with Crippen LogP contribution in [0.1, 0.15) is 40.0 Å². The molecule has 78 valence electrons. The van der Waals surface area contributed by atoms with Crippen molar-refractivity contribution in [3.8, 4) is 0 Å². The summed E-state index contributed by atoms with van der Waals surface area (Å²) in [6.45, 7) is 8.22. The molecule has 1 heterocycles. The summed E-state index contributed by atoms with van der Waals surface area (Å²) in [6, 6.07) is 0.594. The summed E-state index contributed by atoms with van der Waals surface area (Å²) < 4.78 is 0. The minimum atomic E-state index is -0.0886. The minimum Gasteiger partial charge on any atom is -0.313 e. The molecule has 1 rings (SSSR count). The van der Waals surface area contributed by atoms with Gasteiger partial charge in [-0.1, -0.05) is 6.42 Å². The summed E-state index contributed by atoms with van der Waals surface area (Å²) in [5, 5.41) is 3.46. The molecule has 3 nitrogen and oxygen atoms in total. The van der Waals surface area contributed by atoms with E-state index in [9.17, 15) is 0 Å². The van der Waals surface area contributed by atoms with Gasteiger partial charge in [0.05, 0.1) is 5.60 Å². The number of piperidine rings is 1. The van der Waals surface area contributed by atoms with E-state index in [1.165, 1.54) is 19.3 Å². The highest BCUT2D eigenvalue weighted by Crippen LogP contribution is 2.07. The molecule has 1 saturated heterocycles. The Kier molecular flexibility index (Phi) is 4.16. The van der Waals surface area contributed by atoms with E-state index in [-0.39, 0.29) is 5.60 Å². The van der Waals surface area contributed by atoms with Gasteiger partial charge in [0.25, 0.3) is 0 Å². The maximum atomic E-state index is 5.44. The minimum absolute atomic E-state index is 0.0886. The lowest BCUT2D eigenvalue weighted by atomic mass is 10.1. The van der Waals surface area contributed by atoms with Crippen molar-refractivity contribution in [1.82, 2.24) is 10.8 Å². The molecule has 13 heavy (non-hydrogen) atoms. The fraction of sp³-hybridized carbons (Fsp3) is 1.00. The first kappa shape index (κ1) is 11.0. The number of hydrogen-bond donors (Lipinski definition) is 2. The Balaban J connectivity index is 2.04. The average Bonchev–Trinajstić information content (AvgIpc) is 2.04. The maximum Gasteiger partial charge on any atom is 0.0812 e. The summed E-state index contributed by atoms with van der Waals surface area (Å²) in [7, 11) is 0. The third-order valence-electron chi connectivity index (χ3n) is 2.12. The van der Waals surface area contributed by atoms with Crippen LogP contribution in [0.4, 0.5) is 0 Å². The van der Waals surface area contributed by atoms with Gasteiger partial charge < -0.3 is 5.32 Å². The van der Waals surface area contributed by atoms with Crippen LogP contribution in [0.5, 0.6) is 0 Å². The van der Waals surface area contributed by atoms with Crippen LogP contribution in [-0.4, -0.2) is 24.7 Å². The molecule has 0 aromatic carbocycles. The lowest BCUT2D eigenvalue weighted by Gasteiger charge is -2.26. The molecule has 0 aromatic rings. The van der Waals surface area contributed by atoms with Crippen molar-refractivity contribution in [2.75, 3.05) is 13.1 Å². The van der Waals surface area contributed by atoms with Gasteiger partial charge in [0.2, 0.25) is 0 Å². The van der Waals surface area contributed by atoms with Crippen molar-refractivity contribution in [3.05, 3.63) is 0 Å². The van der Waals surface area contributed by atoms with Crippen LogP contribution < -0.4 is 10.8 Å². The van der Waals surface area contributed by atoms with Crippen molar-refractivity contribution in [2.45, 2.75) is 51.7 Å². The summed E-state index contributed by atoms with van der Waals surface area (Å²) in [6.07, 6.45) is 3.92. The Bertz CT molecular complexity index is 136. The van der Waals surface area contributed by atoms with E-state index in [0.29, 0.717) is 6.04 Å². The predicted octanol–water partition coefficient (Wildman–Crippen LogP) is 1.45. The van der Waals surface area contributed by atoms with E-state index in [4.69, 9.17) is 4.84 Å². The largest absolute Gasteiger partial charge is 0.313 e. The van der Waals surface area contributed by atoms with Crippen LogP contribution >= 0.6 is 0 Å². The molecule has 0 aliphatic carbocycles. The van der Waals surface area contributed by atoms with E-state index in [1.54, 1.807) is 0 Å². The highest BCUT2D eigenvalue weighted by molar-refractivity contribution is 4.72. The van der Waals surface area contributed by atoms with E-state index in [2.05, 4.69) is 10.8 Å². The average molecular weight is 186 g/mol. The van der Waals surface area contributed by atoms with Crippen molar-refractivity contribution < 1.29 is 4.84 Å². The molecule has 1 fully saturated rings. The molecule has 2 N–H and O–H groups in total. The number of nitrogens with one attached hydrogen (secondary N) is 2. The molecule has 0 amide bonds. The van der Waals surface area contributed by atoms with E-state index < -0.39 is 0 Å². The maximum absolute atomic E-state index is 5.44. The van der Waals surface area contributed by atoms with Gasteiger partial charge in [0, 0.05) is 12.6 Å². The van der Waals surface area contributed by atoms with E-state index in [1.807, 2.05) is 20.8 Å². The van der Waals surface area contributed by atoms with E-state index >= 15 is 0 Å². The van der Waals surface area contributed by atoms with Gasteiger partial charge in [-0.3, -0.25) is 4.84 Å². The Labute approximate surface area is 81.2 Å². The second kappa shape index (κ2) is 4.94. The van der Waals surface area contributed by atoms with Gasteiger partial charge >= 0.3 is 0 Å². The highest BCUT2D eigenvalue weighted by Gasteiger charge is 2.14. The number of rotatable bonds is 3. The van der Waals surface area contributed by atoms with Crippen molar-refractivity contribution in [3.63, 3.8) is 0 Å². The van der Waals surface area contributed by atoms with Gasteiger partial charge in [0.15, 0.2) is 0 Å². The first-order chi connectivity index (χ1) is 6.08. The van der Waals surface area contributed by atoms with Crippen molar-refractivity contribution >= 4 is 0 Å². The van der Waals surface area contributed by atoms with Crippen molar-refractivity contribution in [1.29, 1.82) is 0 Å². The van der Waals surface area contributed by atoms with Gasteiger partial charge in [-0.2, -0.15) is 0 Å². The Morgan fingerprint density at radius 1 is 1.38 bits per heavy atom. The molecule has 0 bridgehead atoms. The van der Waals surface area contributed by atoms with E-state index in [0.717, 1.165) is 13.1 Å². The molecule has 1 unspecified atom stereocenters. The highest BCUT2D eigenvalue weighted by atomic mass is 16.7. The van der Waals surface area contributed by atoms with Crippen molar-refractivity contribution in [2.24, 2.45) is 0 Å². The van der Waals surface area contributed by atoms with Gasteiger partial charge in [-0.15, -0.1) is 0 Å². The lowest BCUT2D eigenvalue weighted by molar-refractivity contribution is -0.0755. The molecule has 0 aromatic heterocycles. The fourth-order valence-corrected chi connectivity index (χ4v) is 1.46. The Morgan fingerprint density at radius 2 is 2.15 bits per heavy atom. The zero-order chi connectivity index (χ0) is 9.73. The third-order valence-corrected chi connectivity index (χ3v) is 2.12. The zero-order valence-corrected chi connectivity index (χ0v) is 9.02. The fourth-order valence-electron chi connectivity index (χ4n) is 1.46. The number of hydroxylamine groups is 1. The predicted molar refractivity (Wildman–Crippen MR) is 54.5 cm³/mol. The topological polar surface area (TPSA) is 33.3 Å². The van der Waals surface area contributed by atoms with Crippen LogP contribution in [0.25, 0.3) is 0 Å². The van der Waals surface area contributed by atoms with Crippen LogP contribution in [0, 0.1) is 0 Å². The molecule has 3 heteroatoms. The third kappa shape index (κ3) is 5.24. The Hall–Kier alpha value is -0.120. The lowest BCUT2D eigenvalue weighted by Crippen LogP contribution is -2.43. The van der Waals surface area contributed by atoms with Crippen LogP contribution in [-0.2, 0) is 4.84 Å². The molecule has 1 atom stereocenters. The molecular weight excluding hydrogens is 164 g/mol. The standard InChI is InChI=1S/C10H22N2O/c1-10(2,3)13-12-8-9-6-4-5-7-11-9/h9,11-12H,4-8H2,1-3H3. The molecule has 1 aliphatic rings. The number of hydrogen-bond acceptors (Lipinski definition) is 3. The first-order valence-corrected chi connectivity index (χ1v) is 5.22. The second-order valence-corrected chi connectivity index (χ2v) is 4.71. The normalized spacial score (nSPS) is 24.7. The summed E-state index contributed by atoms with van der Waals surface area (Å²) in [5.41, 5.74) is 2.94. The SMILES string of the molecule is CC(C)(C)ONCC1CCCCN1. The molecule has 1 aliphatic heterocycles.